The van der Waals surface area contributed by atoms with E-state index in [0.29, 0.717) is 115 Å². The number of amidine groups is 2. The lowest BCUT2D eigenvalue weighted by molar-refractivity contribution is -0.137. The third-order valence-electron chi connectivity index (χ3n) is 15.9. The molecule has 0 radical (unpaired) electrons. The second-order valence-corrected chi connectivity index (χ2v) is 24.0. The molecule has 4 amide bonds. The van der Waals surface area contributed by atoms with Gasteiger partial charge in [-0.15, -0.1) is 22.7 Å². The number of fused-ring (bicyclic) bond motifs is 2. The highest BCUT2D eigenvalue weighted by Gasteiger charge is 2.44. The number of aromatic nitrogens is 2. The van der Waals surface area contributed by atoms with Gasteiger partial charge in [0.1, 0.15) is 17.9 Å². The van der Waals surface area contributed by atoms with Crippen molar-refractivity contribution < 1.29 is 52.5 Å². The maximum atomic E-state index is 14.0. The number of rotatable bonds is 16. The van der Waals surface area contributed by atoms with Crippen LogP contribution in [0, 0.1) is 5.82 Å². The molecule has 0 saturated carbocycles. The van der Waals surface area contributed by atoms with Crippen molar-refractivity contribution in [2.45, 2.75) is 24.2 Å². The van der Waals surface area contributed by atoms with Gasteiger partial charge in [-0.25, -0.2) is 43.1 Å². The molecular weight excluding hydrogens is 1240 g/mol. The predicted molar refractivity (Wildman–Crippen MR) is 340 cm³/mol. The van der Waals surface area contributed by atoms with Crippen LogP contribution in [0.2, 0.25) is 10.0 Å². The Morgan fingerprint density at radius 3 is 1.58 bits per heavy atom. The van der Waals surface area contributed by atoms with Gasteiger partial charge in [0.15, 0.2) is 21.7 Å². The number of aliphatic imine (C=N–C) groups is 2. The largest absolute Gasteiger partial charge is 0.478 e. The highest BCUT2D eigenvalue weighted by molar-refractivity contribution is 7.12. The van der Waals surface area contributed by atoms with Gasteiger partial charge in [0.2, 0.25) is 0 Å². The fraction of sp³-hybridized carbons (Fsp3) is 0.270. The van der Waals surface area contributed by atoms with Gasteiger partial charge in [0, 0.05) is 139 Å². The number of piperazine rings is 2. The van der Waals surface area contributed by atoms with Crippen LogP contribution in [0.15, 0.2) is 159 Å². The van der Waals surface area contributed by atoms with Gasteiger partial charge in [-0.3, -0.25) is 29.6 Å². The van der Waals surface area contributed by atoms with E-state index in [-0.39, 0.29) is 34.7 Å². The quantitative estimate of drug-likeness (QED) is 0.0469. The van der Waals surface area contributed by atoms with E-state index in [1.165, 1.54) is 74.4 Å². The van der Waals surface area contributed by atoms with Crippen molar-refractivity contribution in [3.05, 3.63) is 197 Å². The van der Waals surface area contributed by atoms with Crippen LogP contribution >= 0.6 is 45.9 Å². The molecule has 0 aliphatic carbocycles. The maximum absolute atomic E-state index is 14.0. The molecule has 90 heavy (non-hydrogen) atoms. The second-order valence-electron chi connectivity index (χ2n) is 21.3. The highest BCUT2D eigenvalue weighted by Crippen LogP contribution is 2.39. The minimum atomic E-state index is -1.02. The summed E-state index contributed by atoms with van der Waals surface area (Å²) >= 11 is 15.5. The molecule has 0 unspecified atom stereocenters. The van der Waals surface area contributed by atoms with Gasteiger partial charge < -0.3 is 39.8 Å². The molecule has 22 nitrogen and oxygen atoms in total. The zero-order valence-corrected chi connectivity index (χ0v) is 51.8. The smallest absolute Gasteiger partial charge is 0.338 e. The molecule has 464 valence electrons. The topological polar surface area (TPSA) is 244 Å². The number of carboxylic acid groups (broad SMARTS) is 1. The number of hydrogen-bond donors (Lipinski definition) is 3. The number of hydrogen-bond acceptors (Lipinski definition) is 19. The fourth-order valence-electron chi connectivity index (χ4n) is 11.5. The number of ether oxygens (including phenoxy) is 3. The first-order valence-corrected chi connectivity index (χ1v) is 30.9. The average molecular weight is 1300 g/mol. The molecule has 4 aromatic carbocycles. The van der Waals surface area contributed by atoms with Crippen LogP contribution in [0.3, 0.4) is 0 Å². The van der Waals surface area contributed by atoms with Crippen LogP contribution in [-0.4, -0.2) is 181 Å². The molecule has 27 heteroatoms. The normalized spacial score (nSPS) is 20.3. The molecule has 8 heterocycles. The monoisotopic (exact) mass is 1300 g/mol. The SMILES string of the molecule is COC(=O)/C=C/c1ccc(N2C[C@@H]3CN(CC4=C(C(=O)OC)[C@H](c5ccc(F)cc5Cl)N=C(c5nccs5)N4)CCN3C2=O)cc1.COC(=O)C1=C(CN2CCN3C(=O)N(c4ccc(/C=C/C(=O)O)cc4)C[C@@H]3C2)NC(c2nccs2)=N[C@H]1c1ccc(Cl)cc1. The lowest BCUT2D eigenvalue weighted by Crippen LogP contribution is -2.53. The summed E-state index contributed by atoms with van der Waals surface area (Å²) < 4.78 is 29.0. The van der Waals surface area contributed by atoms with E-state index in [2.05, 4.69) is 35.1 Å². The summed E-state index contributed by atoms with van der Waals surface area (Å²) in [6.07, 6.45) is 8.96. The first-order valence-electron chi connectivity index (χ1n) is 28.4. The Morgan fingerprint density at radius 2 is 1.12 bits per heavy atom. The number of anilines is 2. The third kappa shape index (κ3) is 13.9. The third-order valence-corrected chi connectivity index (χ3v) is 18.0. The van der Waals surface area contributed by atoms with Crippen molar-refractivity contribution in [2.75, 3.05) is 96.6 Å². The molecule has 6 aromatic rings. The van der Waals surface area contributed by atoms with Gasteiger partial charge in [-0.05, 0) is 77.4 Å². The number of methoxy groups -OCH3 is 3. The van der Waals surface area contributed by atoms with E-state index >= 15 is 0 Å². The van der Waals surface area contributed by atoms with Gasteiger partial charge >= 0.3 is 35.9 Å². The molecule has 12 rings (SSSR count). The molecule has 4 atom stereocenters. The fourth-order valence-corrected chi connectivity index (χ4v) is 13.1. The minimum Gasteiger partial charge on any atom is -0.478 e. The van der Waals surface area contributed by atoms with Crippen molar-refractivity contribution in [1.29, 1.82) is 0 Å². The molecule has 0 bridgehead atoms. The van der Waals surface area contributed by atoms with E-state index in [4.69, 9.17) is 47.8 Å². The summed E-state index contributed by atoms with van der Waals surface area (Å²) in [5.41, 5.74) is 6.25. The Morgan fingerprint density at radius 1 is 0.633 bits per heavy atom. The standard InChI is InChI=1S/C32H30ClFN6O5S.C31H29ClN6O5S/c1-44-26(41)10-5-19-3-7-21(8-4-19)40-17-22-16-38(12-13-39(22)32(40)43)18-25-27(31(42)45-2)28(23-9-6-20(34)15-24(23)33)37-29(36-25)30-35-11-14-46-30;1-43-30(41)26-24(34-28(29-33-12-15-44-29)35-27(26)20-5-7-21(32)8-6-20)18-36-13-14-37-23(16-36)17-38(31(37)42)22-9-2-19(3-10-22)4-11-25(39)40/h3-11,14-15,22,28H,12-13,16-18H2,1-2H3,(H,36,37);2-12,15,23,27H,13-14,16-18H2,1H3,(H,34,35)(H,39,40)/b10-5+;11-4+/t22-,28-;23-,27-/m00/s1. The summed E-state index contributed by atoms with van der Waals surface area (Å²) in [4.78, 5) is 106. The molecule has 4 fully saturated rings. The van der Waals surface area contributed by atoms with Crippen LogP contribution in [0.5, 0.6) is 0 Å². The number of esters is 3. The molecule has 3 N–H and O–H groups in total. The number of nitrogens with zero attached hydrogens (tertiary/aromatic N) is 10. The summed E-state index contributed by atoms with van der Waals surface area (Å²) in [5.74, 6) is -1.98. The van der Waals surface area contributed by atoms with Crippen LogP contribution in [0.1, 0.15) is 44.4 Å². The number of amides is 4. The summed E-state index contributed by atoms with van der Waals surface area (Å²) in [5, 5.41) is 21.3. The zero-order valence-electron chi connectivity index (χ0n) is 48.7. The zero-order chi connectivity index (χ0) is 63.2. The number of benzene rings is 4. The van der Waals surface area contributed by atoms with Crippen LogP contribution in [0.4, 0.5) is 25.4 Å². The number of carboxylic acids is 1. The maximum Gasteiger partial charge on any atom is 0.338 e. The number of nitrogens with one attached hydrogen (secondary N) is 2. The molecule has 6 aliphatic heterocycles. The number of urea groups is 2. The lowest BCUT2D eigenvalue weighted by Gasteiger charge is -2.38. The van der Waals surface area contributed by atoms with E-state index < -0.39 is 41.8 Å². The molecule has 2 aromatic heterocycles. The number of carbonyl (C=O) groups is 6. The van der Waals surface area contributed by atoms with Crippen molar-refractivity contribution in [2.24, 2.45) is 9.98 Å². The average Bonchev–Trinajstić information content (AvgIpc) is 1.33. The summed E-state index contributed by atoms with van der Waals surface area (Å²) in [6, 6.07) is 24.1. The van der Waals surface area contributed by atoms with E-state index in [1.54, 1.807) is 52.5 Å². The Labute approximate surface area is 534 Å². The van der Waals surface area contributed by atoms with Crippen LogP contribution in [-0.2, 0) is 33.4 Å². The lowest BCUT2D eigenvalue weighted by atomic mass is 9.95. The Hall–Kier alpha value is -9.11. The number of carbonyl (C=O) groups excluding carboxylic acids is 5. The molecular formula is C63H59Cl2FN12O10S2. The first-order chi connectivity index (χ1) is 43.5. The van der Waals surface area contributed by atoms with Crippen molar-refractivity contribution in [3.63, 3.8) is 0 Å². The Kier molecular flexibility index (Phi) is 19.3. The molecule has 4 saturated heterocycles. The van der Waals surface area contributed by atoms with Gasteiger partial charge in [0.25, 0.3) is 0 Å². The summed E-state index contributed by atoms with van der Waals surface area (Å²) in [7, 11) is 3.98. The summed E-state index contributed by atoms with van der Waals surface area (Å²) in [6.45, 7) is 5.15. The van der Waals surface area contributed by atoms with Crippen molar-refractivity contribution >= 4 is 117 Å². The van der Waals surface area contributed by atoms with Gasteiger partial charge in [0.05, 0.1) is 44.6 Å². The van der Waals surface area contributed by atoms with Crippen LogP contribution in [0.25, 0.3) is 12.2 Å². The first kappa shape index (κ1) is 62.5. The second kappa shape index (κ2) is 27.7. The Balaban J connectivity index is 0.000000185. The van der Waals surface area contributed by atoms with Crippen molar-refractivity contribution in [1.82, 2.24) is 40.2 Å². The number of thiazole rings is 2. The van der Waals surface area contributed by atoms with E-state index in [1.807, 2.05) is 69.1 Å². The van der Waals surface area contributed by atoms with E-state index in [9.17, 15) is 33.2 Å². The van der Waals surface area contributed by atoms with Crippen LogP contribution < -0.4 is 20.4 Å². The predicted octanol–water partition coefficient (Wildman–Crippen LogP) is 8.31. The van der Waals surface area contributed by atoms with E-state index in [0.717, 1.165) is 34.1 Å². The highest BCUT2D eigenvalue weighted by atomic mass is 35.5. The van der Waals surface area contributed by atoms with Gasteiger partial charge in [-0.1, -0.05) is 65.7 Å². The Bertz CT molecular complexity index is 3900. The molecule has 0 spiro atoms. The molecule has 6 aliphatic rings. The van der Waals surface area contributed by atoms with Gasteiger partial charge in [-0.2, -0.15) is 0 Å². The van der Waals surface area contributed by atoms with Crippen molar-refractivity contribution in [3.8, 4) is 0 Å². The number of aliphatic carboxylic acids is 1. The minimum absolute atomic E-state index is 0.0484. The number of halogens is 3.